The molecule has 1 aromatic carbocycles. The van der Waals surface area contributed by atoms with Crippen molar-refractivity contribution in [1.82, 2.24) is 4.90 Å². The van der Waals surface area contributed by atoms with Crippen molar-refractivity contribution in [2.24, 2.45) is 5.92 Å². The third-order valence-corrected chi connectivity index (χ3v) is 5.38. The molecule has 3 aliphatic heterocycles. The number of nitrogens with zero attached hydrogens (tertiary/aromatic N) is 3. The molecular formula is C18H21N3O5. The third kappa shape index (κ3) is 2.48. The highest BCUT2D eigenvalue weighted by Crippen LogP contribution is 2.38. The fourth-order valence-corrected chi connectivity index (χ4v) is 3.90. The number of carbonyl (C=O) groups excluding carboxylic acids is 3. The summed E-state index contributed by atoms with van der Waals surface area (Å²) in [6, 6.07) is 4.38. The van der Waals surface area contributed by atoms with E-state index in [1.54, 1.807) is 23.1 Å². The Morgan fingerprint density at radius 1 is 1.27 bits per heavy atom. The number of rotatable bonds is 2. The second-order valence-corrected chi connectivity index (χ2v) is 6.83. The molecule has 0 aromatic heterocycles. The molecule has 2 unspecified atom stereocenters. The largest absolute Gasteiger partial charge is 0.490 e. The normalized spacial score (nSPS) is 24.9. The molecule has 2 fully saturated rings. The summed E-state index contributed by atoms with van der Waals surface area (Å²) in [7, 11) is 3.29. The van der Waals surface area contributed by atoms with Crippen LogP contribution in [-0.4, -0.2) is 62.7 Å². The molecule has 1 aromatic rings. The molecule has 3 amide bonds. The number of piperidine rings is 1. The summed E-state index contributed by atoms with van der Waals surface area (Å²) in [6.07, 6.45) is 0.818. The fourth-order valence-electron chi connectivity index (χ4n) is 3.90. The molecule has 8 heteroatoms. The summed E-state index contributed by atoms with van der Waals surface area (Å²) in [6.45, 7) is 1.72. The first-order valence-corrected chi connectivity index (χ1v) is 8.71. The monoisotopic (exact) mass is 359 g/mol. The van der Waals surface area contributed by atoms with Gasteiger partial charge < -0.3 is 19.3 Å². The highest BCUT2D eigenvalue weighted by Gasteiger charge is 2.50. The molecule has 8 nitrogen and oxygen atoms in total. The van der Waals surface area contributed by atoms with Crippen LogP contribution in [0.5, 0.6) is 5.75 Å². The van der Waals surface area contributed by atoms with E-state index in [2.05, 4.69) is 0 Å². The molecule has 0 radical (unpaired) electrons. The van der Waals surface area contributed by atoms with Crippen molar-refractivity contribution in [3.05, 3.63) is 18.2 Å². The summed E-state index contributed by atoms with van der Waals surface area (Å²) >= 11 is 0. The van der Waals surface area contributed by atoms with Gasteiger partial charge in [0.1, 0.15) is 18.4 Å². The van der Waals surface area contributed by atoms with E-state index in [1.807, 2.05) is 11.9 Å². The van der Waals surface area contributed by atoms with Crippen molar-refractivity contribution in [3.63, 3.8) is 0 Å². The van der Waals surface area contributed by atoms with Crippen LogP contribution in [0.3, 0.4) is 0 Å². The SMILES string of the molecule is COC(=O)C1CCN2C(=O)N(c3ccc4c(c3)N(C)CCO4)C(=O)C2C1. The summed E-state index contributed by atoms with van der Waals surface area (Å²) < 4.78 is 10.4. The Morgan fingerprint density at radius 3 is 2.85 bits per heavy atom. The zero-order chi connectivity index (χ0) is 18.4. The van der Waals surface area contributed by atoms with E-state index >= 15 is 0 Å². The van der Waals surface area contributed by atoms with Gasteiger partial charge in [-0.05, 0) is 31.0 Å². The molecule has 4 rings (SSSR count). The van der Waals surface area contributed by atoms with Crippen LogP contribution in [0.1, 0.15) is 12.8 Å². The Kier molecular flexibility index (Phi) is 3.97. The second kappa shape index (κ2) is 6.19. The lowest BCUT2D eigenvalue weighted by molar-refractivity contribution is -0.147. The number of imide groups is 1. The molecule has 2 atom stereocenters. The average Bonchev–Trinajstić information content (AvgIpc) is 2.91. The number of anilines is 2. The molecule has 0 bridgehead atoms. The van der Waals surface area contributed by atoms with Crippen molar-refractivity contribution in [3.8, 4) is 5.75 Å². The average molecular weight is 359 g/mol. The first-order chi connectivity index (χ1) is 12.5. The van der Waals surface area contributed by atoms with Crippen LogP contribution in [0.15, 0.2) is 18.2 Å². The van der Waals surface area contributed by atoms with Gasteiger partial charge in [-0.3, -0.25) is 9.59 Å². The molecule has 0 N–H and O–H groups in total. The Labute approximate surface area is 151 Å². The number of likely N-dealkylation sites (N-methyl/N-ethyl adjacent to an activating group) is 1. The van der Waals surface area contributed by atoms with E-state index in [0.717, 1.165) is 18.0 Å². The van der Waals surface area contributed by atoms with Crippen LogP contribution in [-0.2, 0) is 14.3 Å². The van der Waals surface area contributed by atoms with Gasteiger partial charge in [0, 0.05) is 13.6 Å². The van der Waals surface area contributed by atoms with Crippen LogP contribution in [0.2, 0.25) is 0 Å². The van der Waals surface area contributed by atoms with Crippen molar-refractivity contribution in [2.45, 2.75) is 18.9 Å². The molecule has 0 spiro atoms. The van der Waals surface area contributed by atoms with Crippen molar-refractivity contribution in [1.29, 1.82) is 0 Å². The van der Waals surface area contributed by atoms with E-state index in [4.69, 9.17) is 9.47 Å². The maximum atomic E-state index is 12.9. The van der Waals surface area contributed by atoms with E-state index in [9.17, 15) is 14.4 Å². The third-order valence-electron chi connectivity index (χ3n) is 5.38. The predicted octanol–water partition coefficient (Wildman–Crippen LogP) is 1.24. The minimum atomic E-state index is -0.606. The fraction of sp³-hybridized carbons (Fsp3) is 0.500. The number of methoxy groups -OCH3 is 1. The molecule has 138 valence electrons. The van der Waals surface area contributed by atoms with Crippen LogP contribution < -0.4 is 14.5 Å². The molecule has 2 saturated heterocycles. The molecule has 3 heterocycles. The second-order valence-electron chi connectivity index (χ2n) is 6.83. The zero-order valence-electron chi connectivity index (χ0n) is 14.8. The quantitative estimate of drug-likeness (QED) is 0.584. The molecule has 26 heavy (non-hydrogen) atoms. The molecule has 3 aliphatic rings. The van der Waals surface area contributed by atoms with Gasteiger partial charge in [-0.1, -0.05) is 0 Å². The van der Waals surface area contributed by atoms with E-state index in [0.29, 0.717) is 31.7 Å². The van der Waals surface area contributed by atoms with E-state index in [1.165, 1.54) is 12.0 Å². The number of benzene rings is 1. The summed E-state index contributed by atoms with van der Waals surface area (Å²) in [4.78, 5) is 42.4. The van der Waals surface area contributed by atoms with Gasteiger partial charge in [0.15, 0.2) is 0 Å². The van der Waals surface area contributed by atoms with Gasteiger partial charge in [0.25, 0.3) is 5.91 Å². The maximum Gasteiger partial charge on any atom is 0.332 e. The van der Waals surface area contributed by atoms with Crippen molar-refractivity contribution in [2.75, 3.05) is 43.7 Å². The number of ether oxygens (including phenoxy) is 2. The topological polar surface area (TPSA) is 79.4 Å². The van der Waals surface area contributed by atoms with Crippen LogP contribution in [0.4, 0.5) is 16.2 Å². The van der Waals surface area contributed by atoms with Gasteiger partial charge in [-0.25, -0.2) is 9.69 Å². The van der Waals surface area contributed by atoms with Crippen LogP contribution in [0, 0.1) is 5.92 Å². The van der Waals surface area contributed by atoms with Crippen molar-refractivity contribution < 1.29 is 23.9 Å². The number of urea groups is 1. The first kappa shape index (κ1) is 16.7. The summed E-state index contributed by atoms with van der Waals surface area (Å²) in [5.74, 6) is -0.218. The number of amides is 3. The van der Waals surface area contributed by atoms with Gasteiger partial charge in [0.2, 0.25) is 0 Å². The van der Waals surface area contributed by atoms with Crippen molar-refractivity contribution >= 4 is 29.3 Å². The molecule has 0 aliphatic carbocycles. The van der Waals surface area contributed by atoms with E-state index in [-0.39, 0.29) is 23.8 Å². The smallest absolute Gasteiger partial charge is 0.332 e. The lowest BCUT2D eigenvalue weighted by atomic mass is 9.91. The zero-order valence-corrected chi connectivity index (χ0v) is 14.8. The molecular weight excluding hydrogens is 338 g/mol. The Morgan fingerprint density at radius 2 is 2.08 bits per heavy atom. The number of esters is 1. The molecule has 0 saturated carbocycles. The highest BCUT2D eigenvalue weighted by molar-refractivity contribution is 6.21. The van der Waals surface area contributed by atoms with E-state index < -0.39 is 6.04 Å². The minimum Gasteiger partial charge on any atom is -0.490 e. The standard InChI is InChI=1S/C18H21N3O5/c1-19-7-8-26-15-4-3-12(10-13(15)19)21-16(22)14-9-11(17(23)25-2)5-6-20(14)18(21)24/h3-4,10-11,14H,5-9H2,1-2H3. The van der Waals surface area contributed by atoms with Crippen LogP contribution in [0.25, 0.3) is 0 Å². The summed E-state index contributed by atoms with van der Waals surface area (Å²) in [5.41, 5.74) is 1.38. The Bertz CT molecular complexity index is 780. The lowest BCUT2D eigenvalue weighted by Gasteiger charge is -2.30. The van der Waals surface area contributed by atoms with Gasteiger partial charge in [-0.15, -0.1) is 0 Å². The Hall–Kier alpha value is -2.77. The Balaban J connectivity index is 1.62. The number of carbonyl (C=O) groups is 3. The number of fused-ring (bicyclic) bond motifs is 2. The summed E-state index contributed by atoms with van der Waals surface area (Å²) in [5, 5.41) is 0. The lowest BCUT2D eigenvalue weighted by Crippen LogP contribution is -2.44. The highest BCUT2D eigenvalue weighted by atomic mass is 16.5. The maximum absolute atomic E-state index is 12.9. The number of hydrogen-bond acceptors (Lipinski definition) is 6. The first-order valence-electron chi connectivity index (χ1n) is 8.71. The number of hydrogen-bond donors (Lipinski definition) is 0. The van der Waals surface area contributed by atoms with Gasteiger partial charge >= 0.3 is 12.0 Å². The van der Waals surface area contributed by atoms with Crippen LogP contribution >= 0.6 is 0 Å². The minimum absolute atomic E-state index is 0.289. The predicted molar refractivity (Wildman–Crippen MR) is 93.3 cm³/mol. The van der Waals surface area contributed by atoms with Gasteiger partial charge in [-0.2, -0.15) is 0 Å². The van der Waals surface area contributed by atoms with Gasteiger partial charge in [0.05, 0.1) is 30.9 Å².